The number of carbonyl (C=O) groups is 1. The molecule has 0 aliphatic carbocycles. The van der Waals surface area contributed by atoms with E-state index in [1.165, 1.54) is 6.07 Å². The molecule has 1 amide bonds. The first kappa shape index (κ1) is 25.1. The summed E-state index contributed by atoms with van der Waals surface area (Å²) in [5, 5.41) is 22.9. The summed E-state index contributed by atoms with van der Waals surface area (Å²) < 4.78 is 73.6. The van der Waals surface area contributed by atoms with Gasteiger partial charge in [-0.2, -0.15) is 0 Å². The molecule has 13 heteroatoms. The van der Waals surface area contributed by atoms with E-state index in [1.54, 1.807) is 0 Å². The van der Waals surface area contributed by atoms with Gasteiger partial charge in [-0.25, -0.2) is 8.42 Å². The molecule has 1 fully saturated rings. The summed E-state index contributed by atoms with van der Waals surface area (Å²) in [6, 6.07) is 4.95. The molecule has 0 aromatic heterocycles. The fourth-order valence-electron chi connectivity index (χ4n) is 3.27. The second-order valence-corrected chi connectivity index (χ2v) is 10.1. The van der Waals surface area contributed by atoms with E-state index in [1.807, 2.05) is 0 Å². The number of sulfone groups is 1. The average molecular weight is 554 g/mol. The first-order chi connectivity index (χ1) is 15.4. The molecular weight excluding hydrogens is 535 g/mol. The Morgan fingerprint density at radius 1 is 1.24 bits per heavy atom. The summed E-state index contributed by atoms with van der Waals surface area (Å²) in [6.07, 6.45) is -3.92. The Morgan fingerprint density at radius 2 is 1.97 bits per heavy atom. The van der Waals surface area contributed by atoms with E-state index in [-0.39, 0.29) is 12.6 Å². The molecule has 3 rings (SSSR count). The number of rotatable bonds is 7. The monoisotopic (exact) mass is 553 g/mol. The number of alkyl halides is 3. The van der Waals surface area contributed by atoms with Crippen molar-refractivity contribution in [3.8, 4) is 17.2 Å². The number of amides is 1. The average Bonchev–Trinajstić information content (AvgIpc) is 3.22. The molecule has 0 spiro atoms. The number of ether oxygens (including phenoxy) is 2. The zero-order chi connectivity index (χ0) is 24.4. The molecule has 1 aliphatic rings. The van der Waals surface area contributed by atoms with Gasteiger partial charge in [-0.1, -0.05) is 15.9 Å². The fraction of sp³-hybridized carbons (Fsp3) is 0.350. The molecule has 2 aromatic rings. The lowest BCUT2D eigenvalue weighted by molar-refractivity contribution is -0.274. The number of aromatic hydroxyl groups is 2. The summed E-state index contributed by atoms with van der Waals surface area (Å²) in [6.45, 7) is 0.577. The Kier molecular flexibility index (Phi) is 7.44. The third-order valence-corrected chi connectivity index (χ3v) is 6.94. The molecule has 33 heavy (non-hydrogen) atoms. The Hall–Kier alpha value is -2.51. The van der Waals surface area contributed by atoms with Gasteiger partial charge in [-0.15, -0.1) is 13.2 Å². The van der Waals surface area contributed by atoms with Gasteiger partial charge in [-0.3, -0.25) is 4.79 Å². The van der Waals surface area contributed by atoms with Crippen LogP contribution in [-0.4, -0.2) is 50.2 Å². The molecule has 180 valence electrons. The summed E-state index contributed by atoms with van der Waals surface area (Å²) in [7, 11) is -4.35. The number of hydrogen-bond acceptors (Lipinski definition) is 7. The maximum atomic E-state index is 12.8. The molecule has 2 aromatic carbocycles. The van der Waals surface area contributed by atoms with Crippen molar-refractivity contribution >= 4 is 31.7 Å². The van der Waals surface area contributed by atoms with Crippen molar-refractivity contribution < 1.29 is 46.1 Å². The van der Waals surface area contributed by atoms with Gasteiger partial charge in [0.15, 0.2) is 9.84 Å². The summed E-state index contributed by atoms with van der Waals surface area (Å²) >= 11 is 3.08. The van der Waals surface area contributed by atoms with Gasteiger partial charge in [0.05, 0.1) is 17.4 Å². The number of phenols is 2. The molecular formula is C20H19BrF3NO7S. The molecule has 1 heterocycles. The first-order valence-electron chi connectivity index (χ1n) is 9.58. The normalized spacial score (nSPS) is 16.5. The maximum absolute atomic E-state index is 12.8. The third-order valence-electron chi connectivity index (χ3n) is 4.76. The van der Waals surface area contributed by atoms with E-state index in [0.717, 1.165) is 18.6 Å². The van der Waals surface area contributed by atoms with Gasteiger partial charge in [0.2, 0.25) is 0 Å². The molecule has 1 aliphatic heterocycles. The van der Waals surface area contributed by atoms with E-state index < -0.39 is 61.1 Å². The highest BCUT2D eigenvalue weighted by Crippen LogP contribution is 2.35. The molecule has 1 saturated heterocycles. The van der Waals surface area contributed by atoms with Crippen LogP contribution in [0.4, 0.5) is 13.2 Å². The second kappa shape index (κ2) is 9.77. The minimum atomic E-state index is -5.12. The van der Waals surface area contributed by atoms with E-state index in [4.69, 9.17) is 4.74 Å². The van der Waals surface area contributed by atoms with Crippen LogP contribution in [-0.2, 0) is 20.3 Å². The predicted molar refractivity (Wildman–Crippen MR) is 113 cm³/mol. The van der Waals surface area contributed by atoms with E-state index >= 15 is 0 Å². The Balaban J connectivity index is 1.97. The van der Waals surface area contributed by atoms with E-state index in [9.17, 15) is 36.6 Å². The van der Waals surface area contributed by atoms with Crippen molar-refractivity contribution in [2.45, 2.75) is 36.0 Å². The van der Waals surface area contributed by atoms with E-state index in [2.05, 4.69) is 26.0 Å². The van der Waals surface area contributed by atoms with Crippen LogP contribution in [0.5, 0.6) is 17.2 Å². The lowest BCUT2D eigenvalue weighted by Gasteiger charge is -2.16. The minimum absolute atomic E-state index is 0.0577. The quantitative estimate of drug-likeness (QED) is 0.478. The largest absolute Gasteiger partial charge is 0.573 e. The van der Waals surface area contributed by atoms with Crippen LogP contribution in [0, 0.1) is 0 Å². The summed E-state index contributed by atoms with van der Waals surface area (Å²) in [5.74, 6) is -4.24. The van der Waals surface area contributed by atoms with Crippen molar-refractivity contribution in [2.75, 3.05) is 13.2 Å². The summed E-state index contributed by atoms with van der Waals surface area (Å²) in [5.41, 5.74) is -1.11. The van der Waals surface area contributed by atoms with Crippen LogP contribution in [0.3, 0.4) is 0 Å². The van der Waals surface area contributed by atoms with Crippen LogP contribution in [0.25, 0.3) is 0 Å². The van der Waals surface area contributed by atoms with Crippen molar-refractivity contribution in [2.24, 2.45) is 0 Å². The Labute approximate surface area is 195 Å². The van der Waals surface area contributed by atoms with Crippen molar-refractivity contribution in [1.82, 2.24) is 5.32 Å². The molecule has 0 bridgehead atoms. The van der Waals surface area contributed by atoms with Gasteiger partial charge < -0.3 is 25.0 Å². The topological polar surface area (TPSA) is 122 Å². The van der Waals surface area contributed by atoms with E-state index in [0.29, 0.717) is 29.6 Å². The smallest absolute Gasteiger partial charge is 0.507 e. The highest BCUT2D eigenvalue weighted by Gasteiger charge is 2.33. The molecule has 1 atom stereocenters. The highest BCUT2D eigenvalue weighted by atomic mass is 79.9. The van der Waals surface area contributed by atoms with Gasteiger partial charge in [0, 0.05) is 23.2 Å². The predicted octanol–water partition coefficient (Wildman–Crippen LogP) is 3.64. The SMILES string of the molecule is O=C(NCC1CCCO1)c1cc(OC(F)(F)F)cc(CS(=O)(=O)c2cc(Br)ccc2O)c1O. The van der Waals surface area contributed by atoms with Crippen LogP contribution in [0.15, 0.2) is 39.7 Å². The van der Waals surface area contributed by atoms with Crippen LogP contribution >= 0.6 is 15.9 Å². The Morgan fingerprint density at radius 3 is 2.61 bits per heavy atom. The minimum Gasteiger partial charge on any atom is -0.507 e. The van der Waals surface area contributed by atoms with Crippen molar-refractivity contribution in [1.29, 1.82) is 0 Å². The first-order valence-corrected chi connectivity index (χ1v) is 12.0. The maximum Gasteiger partial charge on any atom is 0.573 e. The van der Waals surface area contributed by atoms with Crippen LogP contribution < -0.4 is 10.1 Å². The Bertz CT molecular complexity index is 1150. The highest BCUT2D eigenvalue weighted by molar-refractivity contribution is 9.10. The zero-order valence-corrected chi connectivity index (χ0v) is 19.3. The fourth-order valence-corrected chi connectivity index (χ4v) is 5.26. The molecule has 1 unspecified atom stereocenters. The number of carbonyl (C=O) groups excluding carboxylic acids is 1. The molecule has 3 N–H and O–H groups in total. The number of hydrogen-bond donors (Lipinski definition) is 3. The molecule has 0 saturated carbocycles. The number of phenolic OH excluding ortho intramolecular Hbond substituents is 2. The number of benzene rings is 2. The number of nitrogens with one attached hydrogen (secondary N) is 1. The van der Waals surface area contributed by atoms with Gasteiger partial charge in [-0.05, 0) is 43.2 Å². The standard InChI is InChI=1S/C20H19BrF3NO7S/c21-12-3-4-16(26)17(7-12)33(29,30)10-11-6-14(32-20(22,23)24)8-15(18(11)27)19(28)25-9-13-2-1-5-31-13/h3-4,6-8,13,26-27H,1-2,5,9-10H2,(H,25,28). The zero-order valence-electron chi connectivity index (χ0n) is 16.9. The van der Waals surface area contributed by atoms with Gasteiger partial charge in [0.25, 0.3) is 5.91 Å². The molecule has 0 radical (unpaired) electrons. The third kappa shape index (κ3) is 6.51. The van der Waals surface area contributed by atoms with Gasteiger partial charge in [0.1, 0.15) is 22.1 Å². The van der Waals surface area contributed by atoms with Crippen LogP contribution in [0.2, 0.25) is 0 Å². The molecule has 8 nitrogen and oxygen atoms in total. The number of halogens is 4. The second-order valence-electron chi connectivity index (χ2n) is 7.24. The lowest BCUT2D eigenvalue weighted by Crippen LogP contribution is -2.32. The van der Waals surface area contributed by atoms with Crippen molar-refractivity contribution in [3.05, 3.63) is 45.9 Å². The van der Waals surface area contributed by atoms with Crippen molar-refractivity contribution in [3.63, 3.8) is 0 Å². The summed E-state index contributed by atoms with van der Waals surface area (Å²) in [4.78, 5) is 12.1. The van der Waals surface area contributed by atoms with Gasteiger partial charge >= 0.3 is 6.36 Å². The lowest BCUT2D eigenvalue weighted by atomic mass is 10.1. The van der Waals surface area contributed by atoms with Crippen LogP contribution in [0.1, 0.15) is 28.8 Å².